The zero-order chi connectivity index (χ0) is 13.1. The molecule has 92 valence electrons. The lowest BCUT2D eigenvalue weighted by Gasteiger charge is -2.13. The van der Waals surface area contributed by atoms with Gasteiger partial charge in [0.1, 0.15) is 0 Å². The molecule has 0 aromatic carbocycles. The van der Waals surface area contributed by atoms with Crippen molar-refractivity contribution in [1.29, 1.82) is 5.26 Å². The highest BCUT2D eigenvalue weighted by atomic mass is 127. The first kappa shape index (κ1) is 14.3. The second-order valence-corrected chi connectivity index (χ2v) is 4.24. The Morgan fingerprint density at radius 2 is 2.18 bits per heavy atom. The molecule has 1 rings (SSSR count). The van der Waals surface area contributed by atoms with Crippen molar-refractivity contribution in [1.82, 2.24) is 4.98 Å². The summed E-state index contributed by atoms with van der Waals surface area (Å²) in [5.74, 6) is -0.741. The highest BCUT2D eigenvalue weighted by molar-refractivity contribution is 14.1. The maximum Gasteiger partial charge on any atom is 0.574 e. The van der Waals surface area contributed by atoms with Gasteiger partial charge in [-0.1, -0.05) is 0 Å². The SMILES string of the molecule is N#CCc1cnc(OC(F)(F)F)c(CCl)c1I. The minimum Gasteiger partial charge on any atom is -0.387 e. The molecule has 0 unspecified atom stereocenters. The number of rotatable bonds is 3. The number of alkyl halides is 4. The summed E-state index contributed by atoms with van der Waals surface area (Å²) in [5, 5.41) is 8.54. The van der Waals surface area contributed by atoms with Crippen molar-refractivity contribution in [2.24, 2.45) is 0 Å². The monoisotopic (exact) mass is 376 g/mol. The molecule has 1 heterocycles. The van der Waals surface area contributed by atoms with Crippen LogP contribution < -0.4 is 4.74 Å². The summed E-state index contributed by atoms with van der Waals surface area (Å²) in [6.45, 7) is 0. The number of pyridine rings is 1. The van der Waals surface area contributed by atoms with Gasteiger partial charge in [-0.15, -0.1) is 24.8 Å². The van der Waals surface area contributed by atoms with E-state index in [0.717, 1.165) is 0 Å². The Kier molecular flexibility index (Phi) is 4.82. The van der Waals surface area contributed by atoms with Crippen LogP contribution in [0.3, 0.4) is 0 Å². The smallest absolute Gasteiger partial charge is 0.387 e. The third kappa shape index (κ3) is 3.89. The predicted molar refractivity (Wildman–Crippen MR) is 62.5 cm³/mol. The van der Waals surface area contributed by atoms with E-state index in [0.29, 0.717) is 9.13 Å². The van der Waals surface area contributed by atoms with E-state index >= 15 is 0 Å². The third-order valence-electron chi connectivity index (χ3n) is 1.76. The number of aromatic nitrogens is 1. The summed E-state index contributed by atoms with van der Waals surface area (Å²) in [7, 11) is 0. The van der Waals surface area contributed by atoms with Crippen LogP contribution in [0.4, 0.5) is 13.2 Å². The van der Waals surface area contributed by atoms with Gasteiger partial charge in [-0.2, -0.15) is 5.26 Å². The van der Waals surface area contributed by atoms with Crippen LogP contribution in [-0.2, 0) is 12.3 Å². The van der Waals surface area contributed by atoms with Crippen molar-refractivity contribution in [3.63, 3.8) is 0 Å². The summed E-state index contributed by atoms with van der Waals surface area (Å²) < 4.78 is 40.5. The van der Waals surface area contributed by atoms with E-state index in [-0.39, 0.29) is 17.9 Å². The van der Waals surface area contributed by atoms with Crippen molar-refractivity contribution < 1.29 is 17.9 Å². The van der Waals surface area contributed by atoms with Crippen molar-refractivity contribution in [3.8, 4) is 11.9 Å². The van der Waals surface area contributed by atoms with Crippen molar-refractivity contribution in [3.05, 3.63) is 20.9 Å². The van der Waals surface area contributed by atoms with Gasteiger partial charge >= 0.3 is 6.36 Å². The lowest BCUT2D eigenvalue weighted by Crippen LogP contribution is -2.19. The van der Waals surface area contributed by atoms with Gasteiger partial charge in [-0.3, -0.25) is 0 Å². The van der Waals surface area contributed by atoms with Gasteiger partial charge in [0, 0.05) is 15.3 Å². The Balaban J connectivity index is 3.17. The fourth-order valence-electron chi connectivity index (χ4n) is 1.08. The number of hydrogen-bond donors (Lipinski definition) is 0. The van der Waals surface area contributed by atoms with E-state index in [4.69, 9.17) is 16.9 Å². The van der Waals surface area contributed by atoms with Crippen molar-refractivity contribution in [2.75, 3.05) is 0 Å². The summed E-state index contributed by atoms with van der Waals surface area (Å²) in [6.07, 6.45) is -3.57. The number of hydrogen-bond acceptors (Lipinski definition) is 3. The van der Waals surface area contributed by atoms with Crippen LogP contribution in [0.1, 0.15) is 11.1 Å². The van der Waals surface area contributed by atoms with Crippen LogP contribution in [0.5, 0.6) is 5.88 Å². The second kappa shape index (κ2) is 5.73. The van der Waals surface area contributed by atoms with Crippen molar-refractivity contribution in [2.45, 2.75) is 18.7 Å². The molecular formula is C9H5ClF3IN2O. The van der Waals surface area contributed by atoms with Crippen LogP contribution in [0, 0.1) is 14.9 Å². The van der Waals surface area contributed by atoms with Gasteiger partial charge in [-0.25, -0.2) is 4.98 Å². The topological polar surface area (TPSA) is 45.9 Å². The molecular weight excluding hydrogens is 371 g/mol. The first-order chi connectivity index (χ1) is 7.89. The van der Waals surface area contributed by atoms with Gasteiger partial charge in [0.15, 0.2) is 0 Å². The molecule has 0 saturated carbocycles. The minimum atomic E-state index is -4.81. The lowest BCUT2D eigenvalue weighted by molar-refractivity contribution is -0.276. The van der Waals surface area contributed by atoms with Crippen LogP contribution in [0.15, 0.2) is 6.20 Å². The number of ether oxygens (including phenoxy) is 1. The maximum atomic E-state index is 12.1. The van der Waals surface area contributed by atoms with Gasteiger partial charge in [-0.05, 0) is 28.2 Å². The van der Waals surface area contributed by atoms with Gasteiger partial charge < -0.3 is 4.74 Å². The molecule has 0 fully saturated rings. The highest BCUT2D eigenvalue weighted by Crippen LogP contribution is 2.30. The van der Waals surface area contributed by atoms with Crippen LogP contribution in [-0.4, -0.2) is 11.3 Å². The Labute approximate surface area is 114 Å². The Morgan fingerprint density at radius 1 is 1.53 bits per heavy atom. The quantitative estimate of drug-likeness (QED) is 0.600. The molecule has 0 radical (unpaired) electrons. The maximum absolute atomic E-state index is 12.1. The Hall–Kier alpha value is -0.750. The van der Waals surface area contributed by atoms with Gasteiger partial charge in [0.05, 0.1) is 18.4 Å². The predicted octanol–water partition coefficient (Wildman–Crippen LogP) is 3.39. The second-order valence-electron chi connectivity index (χ2n) is 2.90. The van der Waals surface area contributed by atoms with Crippen LogP contribution in [0.2, 0.25) is 0 Å². The fourth-order valence-corrected chi connectivity index (χ4v) is 2.31. The minimum absolute atomic E-state index is 0.0570. The molecule has 0 bridgehead atoms. The molecule has 8 heteroatoms. The fraction of sp³-hybridized carbons (Fsp3) is 0.333. The van der Waals surface area contributed by atoms with Crippen molar-refractivity contribution >= 4 is 34.2 Å². The summed E-state index contributed by atoms with van der Waals surface area (Å²) in [4.78, 5) is 3.53. The number of halogens is 5. The van der Waals surface area contributed by atoms with Crippen LogP contribution >= 0.6 is 34.2 Å². The number of nitriles is 1. The zero-order valence-corrected chi connectivity index (χ0v) is 11.1. The molecule has 17 heavy (non-hydrogen) atoms. The molecule has 0 N–H and O–H groups in total. The van der Waals surface area contributed by atoms with Gasteiger partial charge in [0.25, 0.3) is 0 Å². The highest BCUT2D eigenvalue weighted by Gasteiger charge is 2.33. The van der Waals surface area contributed by atoms with E-state index in [1.165, 1.54) is 6.20 Å². The average Bonchev–Trinajstić information content (AvgIpc) is 2.21. The van der Waals surface area contributed by atoms with E-state index in [1.54, 1.807) is 0 Å². The third-order valence-corrected chi connectivity index (χ3v) is 3.37. The van der Waals surface area contributed by atoms with E-state index in [9.17, 15) is 13.2 Å². The molecule has 0 atom stereocenters. The zero-order valence-electron chi connectivity index (χ0n) is 8.18. The largest absolute Gasteiger partial charge is 0.574 e. The van der Waals surface area contributed by atoms with E-state index in [2.05, 4.69) is 9.72 Å². The molecule has 0 aliphatic heterocycles. The van der Waals surface area contributed by atoms with E-state index < -0.39 is 12.2 Å². The average molecular weight is 377 g/mol. The molecule has 1 aromatic rings. The van der Waals surface area contributed by atoms with E-state index in [1.807, 2.05) is 28.7 Å². The Bertz CT molecular complexity index is 459. The molecule has 0 saturated heterocycles. The molecule has 0 spiro atoms. The Morgan fingerprint density at radius 3 is 2.65 bits per heavy atom. The summed E-state index contributed by atoms with van der Waals surface area (Å²) in [5.41, 5.74) is 0.663. The van der Waals surface area contributed by atoms with Crippen LogP contribution in [0.25, 0.3) is 0 Å². The normalized spacial score (nSPS) is 11.1. The summed E-state index contributed by atoms with van der Waals surface area (Å²) in [6, 6.07) is 1.89. The molecule has 0 amide bonds. The number of nitrogens with zero attached hydrogens (tertiary/aromatic N) is 2. The molecule has 0 aliphatic carbocycles. The molecule has 1 aromatic heterocycles. The lowest BCUT2D eigenvalue weighted by atomic mass is 10.2. The summed E-state index contributed by atoms with van der Waals surface area (Å²) >= 11 is 7.38. The standard InChI is InChI=1S/C9H5ClF3IN2O/c10-3-6-7(14)5(1-2-15)4-16-8(6)17-9(11,12)13/h4H,1,3H2. The first-order valence-corrected chi connectivity index (χ1v) is 5.85. The molecule has 0 aliphatic rings. The molecule has 3 nitrogen and oxygen atoms in total. The van der Waals surface area contributed by atoms with Gasteiger partial charge in [0.2, 0.25) is 5.88 Å². The first-order valence-electron chi connectivity index (χ1n) is 4.24.